The fourth-order valence-electron chi connectivity index (χ4n) is 1.75. The molecule has 0 unspecified atom stereocenters. The first kappa shape index (κ1) is 12.5. The topological polar surface area (TPSA) is 54.9 Å². The molecule has 0 aliphatic rings. The van der Waals surface area contributed by atoms with Crippen molar-refractivity contribution in [3.8, 4) is 10.6 Å². The molecule has 0 atom stereocenters. The molecule has 0 saturated carbocycles. The van der Waals surface area contributed by atoms with Crippen molar-refractivity contribution in [1.29, 1.82) is 0 Å². The number of amides is 1. The van der Waals surface area contributed by atoms with E-state index < -0.39 is 0 Å². The van der Waals surface area contributed by atoms with Gasteiger partial charge in [0.25, 0.3) is 5.91 Å². The van der Waals surface area contributed by atoms with Crippen LogP contribution in [0.5, 0.6) is 0 Å². The molecule has 0 aliphatic heterocycles. The van der Waals surface area contributed by atoms with E-state index in [2.05, 4.69) is 15.3 Å². The van der Waals surface area contributed by atoms with Crippen molar-refractivity contribution >= 4 is 22.9 Å². The Hall–Kier alpha value is -2.53. The minimum atomic E-state index is -0.215. The molecule has 20 heavy (non-hydrogen) atoms. The molecule has 1 amide bonds. The van der Waals surface area contributed by atoms with Crippen molar-refractivity contribution in [2.24, 2.45) is 0 Å². The van der Waals surface area contributed by atoms with Crippen molar-refractivity contribution < 1.29 is 4.79 Å². The van der Waals surface area contributed by atoms with Crippen LogP contribution < -0.4 is 5.32 Å². The molecule has 5 heteroatoms. The zero-order valence-electron chi connectivity index (χ0n) is 10.5. The Kier molecular flexibility index (Phi) is 3.52. The molecule has 1 aromatic carbocycles. The predicted molar refractivity (Wildman–Crippen MR) is 79.7 cm³/mol. The summed E-state index contributed by atoms with van der Waals surface area (Å²) in [6, 6.07) is 12.8. The average Bonchev–Trinajstić information content (AvgIpc) is 3.03. The third-order valence-electron chi connectivity index (χ3n) is 2.72. The van der Waals surface area contributed by atoms with Crippen LogP contribution in [0.25, 0.3) is 10.6 Å². The van der Waals surface area contributed by atoms with Crippen molar-refractivity contribution in [3.63, 3.8) is 0 Å². The van der Waals surface area contributed by atoms with Gasteiger partial charge in [-0.3, -0.25) is 9.78 Å². The molecule has 98 valence electrons. The van der Waals surface area contributed by atoms with Gasteiger partial charge < -0.3 is 5.32 Å². The summed E-state index contributed by atoms with van der Waals surface area (Å²) in [4.78, 5) is 20.2. The molecule has 0 fully saturated rings. The molecule has 2 heterocycles. The summed E-state index contributed by atoms with van der Waals surface area (Å²) < 4.78 is 0. The van der Waals surface area contributed by atoms with Gasteiger partial charge in [-0.25, -0.2) is 4.98 Å². The largest absolute Gasteiger partial charge is 0.321 e. The van der Waals surface area contributed by atoms with Gasteiger partial charge in [-0.2, -0.15) is 0 Å². The SMILES string of the molecule is O=C(Nc1ccc(-c2nccs2)cc1)c1ccccn1. The number of anilines is 1. The van der Waals surface area contributed by atoms with Crippen molar-refractivity contribution in [3.05, 3.63) is 65.9 Å². The third kappa shape index (κ3) is 2.73. The van der Waals surface area contributed by atoms with Crippen LogP contribution in [-0.4, -0.2) is 15.9 Å². The lowest BCUT2D eigenvalue weighted by Gasteiger charge is -2.05. The number of nitrogens with one attached hydrogen (secondary N) is 1. The molecule has 3 rings (SSSR count). The van der Waals surface area contributed by atoms with Crippen LogP contribution in [0, 0.1) is 0 Å². The Labute approximate surface area is 120 Å². The van der Waals surface area contributed by atoms with E-state index in [0.29, 0.717) is 5.69 Å². The van der Waals surface area contributed by atoms with Gasteiger partial charge in [0.15, 0.2) is 0 Å². The van der Waals surface area contributed by atoms with Gasteiger partial charge in [-0.1, -0.05) is 6.07 Å². The number of rotatable bonds is 3. The standard InChI is InChI=1S/C15H11N3OS/c19-14(13-3-1-2-8-16-13)18-12-6-4-11(5-7-12)15-17-9-10-20-15/h1-10H,(H,18,19). The highest BCUT2D eigenvalue weighted by atomic mass is 32.1. The molecule has 2 aromatic heterocycles. The summed E-state index contributed by atoms with van der Waals surface area (Å²) >= 11 is 1.58. The highest BCUT2D eigenvalue weighted by Crippen LogP contribution is 2.23. The van der Waals surface area contributed by atoms with Gasteiger partial charge in [0.2, 0.25) is 0 Å². The second-order valence-electron chi connectivity index (χ2n) is 4.08. The van der Waals surface area contributed by atoms with Crippen molar-refractivity contribution in [2.75, 3.05) is 5.32 Å². The number of carbonyl (C=O) groups is 1. The Morgan fingerprint density at radius 3 is 2.50 bits per heavy atom. The highest BCUT2D eigenvalue weighted by molar-refractivity contribution is 7.13. The monoisotopic (exact) mass is 281 g/mol. The molecule has 1 N–H and O–H groups in total. The maximum Gasteiger partial charge on any atom is 0.274 e. The summed E-state index contributed by atoms with van der Waals surface area (Å²) in [7, 11) is 0. The van der Waals surface area contributed by atoms with Crippen LogP contribution in [0.2, 0.25) is 0 Å². The van der Waals surface area contributed by atoms with Crippen molar-refractivity contribution in [2.45, 2.75) is 0 Å². The fourth-order valence-corrected chi connectivity index (χ4v) is 2.40. The fraction of sp³-hybridized carbons (Fsp3) is 0. The smallest absolute Gasteiger partial charge is 0.274 e. The summed E-state index contributed by atoms with van der Waals surface area (Å²) in [6.45, 7) is 0. The van der Waals surface area contributed by atoms with E-state index in [9.17, 15) is 4.79 Å². The second-order valence-corrected chi connectivity index (χ2v) is 4.98. The van der Waals surface area contributed by atoms with Crippen LogP contribution in [0.15, 0.2) is 60.2 Å². The predicted octanol–water partition coefficient (Wildman–Crippen LogP) is 3.46. The Morgan fingerprint density at radius 1 is 1.00 bits per heavy atom. The summed E-state index contributed by atoms with van der Waals surface area (Å²) in [5.41, 5.74) is 2.17. The Bertz CT molecular complexity index is 694. The lowest BCUT2D eigenvalue weighted by Crippen LogP contribution is -2.13. The number of aromatic nitrogens is 2. The van der Waals surface area contributed by atoms with E-state index in [1.807, 2.05) is 29.6 Å². The first-order valence-corrected chi connectivity index (χ1v) is 6.93. The number of pyridine rings is 1. The van der Waals surface area contributed by atoms with Gasteiger partial charge in [0.05, 0.1) is 0 Å². The molecular weight excluding hydrogens is 270 g/mol. The molecular formula is C15H11N3OS. The van der Waals surface area contributed by atoms with Crippen molar-refractivity contribution in [1.82, 2.24) is 9.97 Å². The number of nitrogens with zero attached hydrogens (tertiary/aromatic N) is 2. The normalized spacial score (nSPS) is 10.2. The van der Waals surface area contributed by atoms with Gasteiger partial charge in [-0.15, -0.1) is 11.3 Å². The summed E-state index contributed by atoms with van der Waals surface area (Å²) in [5, 5.41) is 5.71. The summed E-state index contributed by atoms with van der Waals surface area (Å²) in [6.07, 6.45) is 3.37. The third-order valence-corrected chi connectivity index (χ3v) is 3.54. The molecule has 0 aliphatic carbocycles. The quantitative estimate of drug-likeness (QED) is 0.800. The number of hydrogen-bond acceptors (Lipinski definition) is 4. The van der Waals surface area contributed by atoms with E-state index in [0.717, 1.165) is 16.3 Å². The highest BCUT2D eigenvalue weighted by Gasteiger charge is 2.07. The van der Waals surface area contributed by atoms with Gasteiger partial charge in [-0.05, 0) is 36.4 Å². The van der Waals surface area contributed by atoms with Crippen LogP contribution >= 0.6 is 11.3 Å². The number of hydrogen-bond donors (Lipinski definition) is 1. The maximum atomic E-state index is 11.9. The Morgan fingerprint density at radius 2 is 1.85 bits per heavy atom. The zero-order valence-corrected chi connectivity index (χ0v) is 11.3. The second kappa shape index (κ2) is 5.63. The van der Waals surface area contributed by atoms with Crippen LogP contribution in [-0.2, 0) is 0 Å². The molecule has 0 saturated heterocycles. The zero-order chi connectivity index (χ0) is 13.8. The number of benzene rings is 1. The lowest BCUT2D eigenvalue weighted by atomic mass is 10.2. The average molecular weight is 281 g/mol. The van der Waals surface area contributed by atoms with Crippen LogP contribution in [0.1, 0.15) is 10.5 Å². The van der Waals surface area contributed by atoms with E-state index in [4.69, 9.17) is 0 Å². The number of carbonyl (C=O) groups excluding carboxylic acids is 1. The maximum absolute atomic E-state index is 11.9. The van der Waals surface area contributed by atoms with Gasteiger partial charge in [0.1, 0.15) is 10.7 Å². The van der Waals surface area contributed by atoms with Gasteiger partial charge >= 0.3 is 0 Å². The molecule has 3 aromatic rings. The van der Waals surface area contributed by atoms with E-state index in [1.165, 1.54) is 0 Å². The Balaban J connectivity index is 1.74. The van der Waals surface area contributed by atoms with E-state index >= 15 is 0 Å². The van der Waals surface area contributed by atoms with Crippen LogP contribution in [0.3, 0.4) is 0 Å². The molecule has 4 nitrogen and oxygen atoms in total. The lowest BCUT2D eigenvalue weighted by molar-refractivity contribution is 0.102. The first-order chi connectivity index (χ1) is 9.83. The molecule has 0 bridgehead atoms. The first-order valence-electron chi connectivity index (χ1n) is 6.05. The molecule has 0 radical (unpaired) electrons. The van der Waals surface area contributed by atoms with Crippen LogP contribution in [0.4, 0.5) is 5.69 Å². The summed E-state index contributed by atoms with van der Waals surface area (Å²) in [5.74, 6) is -0.215. The van der Waals surface area contributed by atoms with Gasteiger partial charge in [0, 0.05) is 29.0 Å². The minimum absolute atomic E-state index is 0.215. The minimum Gasteiger partial charge on any atom is -0.321 e. The molecule has 0 spiro atoms. The van der Waals surface area contributed by atoms with E-state index in [1.54, 1.807) is 41.9 Å². The number of thiazole rings is 1. The van der Waals surface area contributed by atoms with E-state index in [-0.39, 0.29) is 5.91 Å².